The molecular formula is C9H12N2O3. The number of carboxylic acid groups (broad SMARTS) is 1. The van der Waals surface area contributed by atoms with E-state index >= 15 is 0 Å². The maximum Gasteiger partial charge on any atom is 0.356 e. The minimum absolute atomic E-state index is 0.0816. The van der Waals surface area contributed by atoms with E-state index in [0.717, 1.165) is 0 Å². The number of hydrogen-bond donors (Lipinski definition) is 1. The van der Waals surface area contributed by atoms with Gasteiger partial charge in [-0.2, -0.15) is 0 Å². The first kappa shape index (κ1) is 10.4. The van der Waals surface area contributed by atoms with Gasteiger partial charge in [0.2, 0.25) is 5.88 Å². The summed E-state index contributed by atoms with van der Waals surface area (Å²) in [5, 5.41) is 15.7. The second-order valence-corrected chi connectivity index (χ2v) is 3.27. The fourth-order valence-electron chi connectivity index (χ4n) is 0.763. The van der Waals surface area contributed by atoms with Crippen LogP contribution in [0.4, 0.5) is 0 Å². The molecule has 0 radical (unpaired) electrons. The van der Waals surface area contributed by atoms with Crippen molar-refractivity contribution in [2.75, 3.05) is 6.61 Å². The van der Waals surface area contributed by atoms with Gasteiger partial charge in [-0.15, -0.1) is 10.2 Å². The second kappa shape index (κ2) is 4.55. The van der Waals surface area contributed by atoms with Crippen molar-refractivity contribution in [3.05, 3.63) is 17.8 Å². The molecule has 76 valence electrons. The lowest BCUT2D eigenvalue weighted by Crippen LogP contribution is -2.08. The molecule has 14 heavy (non-hydrogen) atoms. The number of carbonyl (C=O) groups is 1. The molecule has 1 aromatic rings. The van der Waals surface area contributed by atoms with Crippen molar-refractivity contribution in [3.63, 3.8) is 0 Å². The quantitative estimate of drug-likeness (QED) is 0.783. The molecule has 1 aromatic heterocycles. The lowest BCUT2D eigenvalue weighted by molar-refractivity contribution is 0.0689. The Morgan fingerprint density at radius 2 is 2.21 bits per heavy atom. The molecule has 0 saturated heterocycles. The summed E-state index contributed by atoms with van der Waals surface area (Å²) in [6.07, 6.45) is 0. The van der Waals surface area contributed by atoms with Crippen LogP contribution in [-0.2, 0) is 0 Å². The molecule has 0 unspecified atom stereocenters. The highest BCUT2D eigenvalue weighted by atomic mass is 16.5. The van der Waals surface area contributed by atoms with Gasteiger partial charge in [-0.05, 0) is 12.0 Å². The minimum atomic E-state index is -1.09. The van der Waals surface area contributed by atoms with Gasteiger partial charge < -0.3 is 9.84 Å². The summed E-state index contributed by atoms with van der Waals surface area (Å²) < 4.78 is 5.24. The van der Waals surface area contributed by atoms with Crippen molar-refractivity contribution in [1.82, 2.24) is 10.2 Å². The highest BCUT2D eigenvalue weighted by molar-refractivity contribution is 5.84. The predicted molar refractivity (Wildman–Crippen MR) is 49.3 cm³/mol. The highest BCUT2D eigenvalue weighted by Gasteiger charge is 2.05. The minimum Gasteiger partial charge on any atom is -0.476 e. The Morgan fingerprint density at radius 3 is 2.64 bits per heavy atom. The van der Waals surface area contributed by atoms with Crippen molar-refractivity contribution in [3.8, 4) is 5.88 Å². The third-order valence-corrected chi connectivity index (χ3v) is 1.42. The zero-order valence-electron chi connectivity index (χ0n) is 8.10. The zero-order valence-corrected chi connectivity index (χ0v) is 8.10. The van der Waals surface area contributed by atoms with Gasteiger partial charge in [-0.3, -0.25) is 0 Å². The molecule has 5 heteroatoms. The molecule has 0 spiro atoms. The Labute approximate surface area is 81.7 Å². The Kier molecular flexibility index (Phi) is 3.39. The van der Waals surface area contributed by atoms with Crippen LogP contribution in [-0.4, -0.2) is 27.9 Å². The van der Waals surface area contributed by atoms with Crippen molar-refractivity contribution in [1.29, 1.82) is 0 Å². The number of carboxylic acids is 1. The Hall–Kier alpha value is -1.65. The van der Waals surface area contributed by atoms with Gasteiger partial charge >= 0.3 is 5.97 Å². The van der Waals surface area contributed by atoms with E-state index in [2.05, 4.69) is 10.2 Å². The standard InChI is InChI=1S/C9H12N2O3/c1-6(2)5-14-8-4-3-7(9(12)13)10-11-8/h3-4,6H,5H2,1-2H3,(H,12,13). The molecule has 1 N–H and O–H groups in total. The molecule has 0 bridgehead atoms. The van der Waals surface area contributed by atoms with E-state index in [-0.39, 0.29) is 5.69 Å². The van der Waals surface area contributed by atoms with Crippen molar-refractivity contribution >= 4 is 5.97 Å². The SMILES string of the molecule is CC(C)COc1ccc(C(=O)O)nn1. The normalized spacial score (nSPS) is 10.2. The fraction of sp³-hybridized carbons (Fsp3) is 0.444. The number of ether oxygens (including phenoxy) is 1. The van der Waals surface area contributed by atoms with Crippen molar-refractivity contribution < 1.29 is 14.6 Å². The van der Waals surface area contributed by atoms with Crippen molar-refractivity contribution in [2.24, 2.45) is 5.92 Å². The van der Waals surface area contributed by atoms with Gasteiger partial charge in [-0.25, -0.2) is 4.79 Å². The van der Waals surface area contributed by atoms with Crippen LogP contribution >= 0.6 is 0 Å². The molecule has 1 rings (SSSR count). The van der Waals surface area contributed by atoms with Crippen LogP contribution in [0, 0.1) is 5.92 Å². The maximum absolute atomic E-state index is 10.4. The largest absolute Gasteiger partial charge is 0.476 e. The first-order valence-corrected chi connectivity index (χ1v) is 4.29. The third kappa shape index (κ3) is 3.01. The zero-order chi connectivity index (χ0) is 10.6. The number of rotatable bonds is 4. The molecule has 0 aliphatic rings. The van der Waals surface area contributed by atoms with Gasteiger partial charge in [-0.1, -0.05) is 13.8 Å². The van der Waals surface area contributed by atoms with Gasteiger partial charge in [0.05, 0.1) is 6.61 Å². The van der Waals surface area contributed by atoms with E-state index in [4.69, 9.17) is 9.84 Å². The van der Waals surface area contributed by atoms with Crippen LogP contribution in [0.2, 0.25) is 0 Å². The van der Waals surface area contributed by atoms with Gasteiger partial charge in [0.25, 0.3) is 0 Å². The van der Waals surface area contributed by atoms with E-state index in [1.165, 1.54) is 12.1 Å². The maximum atomic E-state index is 10.4. The van der Waals surface area contributed by atoms with Gasteiger partial charge in [0.15, 0.2) is 5.69 Å². The predicted octanol–water partition coefficient (Wildman–Crippen LogP) is 1.21. The first-order valence-electron chi connectivity index (χ1n) is 4.29. The average Bonchev–Trinajstić information content (AvgIpc) is 2.15. The Bertz CT molecular complexity index is 308. The molecule has 0 atom stereocenters. The summed E-state index contributed by atoms with van der Waals surface area (Å²) in [6, 6.07) is 2.86. The first-order chi connectivity index (χ1) is 6.59. The average molecular weight is 196 g/mol. The van der Waals surface area contributed by atoms with E-state index in [0.29, 0.717) is 18.4 Å². The summed E-state index contributed by atoms with van der Waals surface area (Å²) in [7, 11) is 0. The highest BCUT2D eigenvalue weighted by Crippen LogP contribution is 2.06. The summed E-state index contributed by atoms with van der Waals surface area (Å²) in [5.74, 6) is -0.340. The van der Waals surface area contributed by atoms with E-state index < -0.39 is 5.97 Å². The van der Waals surface area contributed by atoms with Crippen LogP contribution in [0.5, 0.6) is 5.88 Å². The fourth-order valence-corrected chi connectivity index (χ4v) is 0.763. The summed E-state index contributed by atoms with van der Waals surface area (Å²) >= 11 is 0. The number of nitrogens with zero attached hydrogens (tertiary/aromatic N) is 2. The number of hydrogen-bond acceptors (Lipinski definition) is 4. The van der Waals surface area contributed by atoms with Crippen LogP contribution < -0.4 is 4.74 Å². The topological polar surface area (TPSA) is 72.3 Å². The molecule has 5 nitrogen and oxygen atoms in total. The molecule has 0 amide bonds. The van der Waals surface area contributed by atoms with E-state index in [1.807, 2.05) is 13.8 Å². The number of aromatic nitrogens is 2. The molecule has 0 aliphatic carbocycles. The van der Waals surface area contributed by atoms with Crippen LogP contribution in [0.15, 0.2) is 12.1 Å². The van der Waals surface area contributed by atoms with Crippen LogP contribution in [0.3, 0.4) is 0 Å². The summed E-state index contributed by atoms with van der Waals surface area (Å²) in [4.78, 5) is 10.4. The Morgan fingerprint density at radius 1 is 1.50 bits per heavy atom. The van der Waals surface area contributed by atoms with Gasteiger partial charge in [0.1, 0.15) is 0 Å². The Balaban J connectivity index is 2.60. The molecule has 0 fully saturated rings. The van der Waals surface area contributed by atoms with Gasteiger partial charge in [0, 0.05) is 6.07 Å². The smallest absolute Gasteiger partial charge is 0.356 e. The summed E-state index contributed by atoms with van der Waals surface area (Å²) in [6.45, 7) is 4.57. The second-order valence-electron chi connectivity index (χ2n) is 3.27. The lowest BCUT2D eigenvalue weighted by Gasteiger charge is -2.06. The number of aromatic carboxylic acids is 1. The lowest BCUT2D eigenvalue weighted by atomic mass is 10.2. The third-order valence-electron chi connectivity index (χ3n) is 1.42. The van der Waals surface area contributed by atoms with Crippen molar-refractivity contribution in [2.45, 2.75) is 13.8 Å². The van der Waals surface area contributed by atoms with Crippen LogP contribution in [0.25, 0.3) is 0 Å². The van der Waals surface area contributed by atoms with E-state index in [9.17, 15) is 4.79 Å². The molecular weight excluding hydrogens is 184 g/mol. The molecule has 0 aliphatic heterocycles. The summed E-state index contributed by atoms with van der Waals surface area (Å²) in [5.41, 5.74) is -0.0816. The molecule has 1 heterocycles. The monoisotopic (exact) mass is 196 g/mol. The van der Waals surface area contributed by atoms with Crippen LogP contribution in [0.1, 0.15) is 24.3 Å². The molecule has 0 aromatic carbocycles. The molecule has 0 saturated carbocycles. The van der Waals surface area contributed by atoms with E-state index in [1.54, 1.807) is 0 Å².